The Hall–Kier alpha value is -3.12. The van der Waals surface area contributed by atoms with Crippen LogP contribution in [0.1, 0.15) is 29.9 Å². The van der Waals surface area contributed by atoms with Crippen molar-refractivity contribution >= 4 is 29.0 Å². The standard InChI is InChI=1S/C21H21ClN4O2/c1-14(2)28-17-9-7-16(8-10-17)24-21(27)19-11-12-20(26-25-19)23-13-15-5-3-4-6-18(15)22/h3-12,14H,13H2,1-2H3,(H,23,26)(H,24,27). The fourth-order valence-corrected chi connectivity index (χ4v) is 2.66. The van der Waals surface area contributed by atoms with Crippen LogP contribution in [0.2, 0.25) is 5.02 Å². The highest BCUT2D eigenvalue weighted by molar-refractivity contribution is 6.31. The van der Waals surface area contributed by atoms with E-state index in [0.29, 0.717) is 23.1 Å². The molecule has 0 atom stereocenters. The van der Waals surface area contributed by atoms with Crippen molar-refractivity contribution < 1.29 is 9.53 Å². The van der Waals surface area contributed by atoms with Gasteiger partial charge in [0.1, 0.15) is 11.6 Å². The molecule has 7 heteroatoms. The van der Waals surface area contributed by atoms with E-state index in [1.54, 1.807) is 24.3 Å². The second kappa shape index (κ2) is 9.19. The van der Waals surface area contributed by atoms with Crippen molar-refractivity contribution in [2.75, 3.05) is 10.6 Å². The van der Waals surface area contributed by atoms with Crippen molar-refractivity contribution in [2.45, 2.75) is 26.5 Å². The largest absolute Gasteiger partial charge is 0.491 e. The molecule has 0 aliphatic rings. The van der Waals surface area contributed by atoms with Gasteiger partial charge in [0, 0.05) is 17.3 Å². The van der Waals surface area contributed by atoms with Crippen molar-refractivity contribution in [2.24, 2.45) is 0 Å². The highest BCUT2D eigenvalue weighted by Crippen LogP contribution is 2.18. The Balaban J connectivity index is 1.56. The predicted octanol–water partition coefficient (Wildman–Crippen LogP) is 4.78. The second-order valence-corrected chi connectivity index (χ2v) is 6.80. The molecule has 2 N–H and O–H groups in total. The van der Waals surface area contributed by atoms with Gasteiger partial charge in [0.15, 0.2) is 5.69 Å². The molecule has 0 spiro atoms. The van der Waals surface area contributed by atoms with Gasteiger partial charge in [-0.15, -0.1) is 10.2 Å². The monoisotopic (exact) mass is 396 g/mol. The zero-order valence-electron chi connectivity index (χ0n) is 15.6. The number of nitrogens with zero attached hydrogens (tertiary/aromatic N) is 2. The first-order chi connectivity index (χ1) is 13.5. The quantitative estimate of drug-likeness (QED) is 0.601. The van der Waals surface area contributed by atoms with E-state index >= 15 is 0 Å². The van der Waals surface area contributed by atoms with Gasteiger partial charge >= 0.3 is 0 Å². The summed E-state index contributed by atoms with van der Waals surface area (Å²) in [5.41, 5.74) is 1.84. The molecule has 0 saturated carbocycles. The molecule has 0 aliphatic heterocycles. The van der Waals surface area contributed by atoms with Gasteiger partial charge in [-0.05, 0) is 61.9 Å². The lowest BCUT2D eigenvalue weighted by molar-refractivity contribution is 0.102. The molecule has 1 heterocycles. The topological polar surface area (TPSA) is 76.1 Å². The molecule has 2 aromatic carbocycles. The van der Waals surface area contributed by atoms with Crippen LogP contribution in [-0.4, -0.2) is 22.2 Å². The minimum Gasteiger partial charge on any atom is -0.491 e. The number of aromatic nitrogens is 2. The first kappa shape index (κ1) is 19.6. The highest BCUT2D eigenvalue weighted by Gasteiger charge is 2.09. The van der Waals surface area contributed by atoms with E-state index in [2.05, 4.69) is 20.8 Å². The summed E-state index contributed by atoms with van der Waals surface area (Å²) >= 11 is 6.13. The third kappa shape index (κ3) is 5.44. The molecule has 6 nitrogen and oxygen atoms in total. The normalized spacial score (nSPS) is 10.6. The van der Waals surface area contributed by atoms with E-state index in [-0.39, 0.29) is 17.7 Å². The van der Waals surface area contributed by atoms with Crippen molar-refractivity contribution in [3.63, 3.8) is 0 Å². The maximum atomic E-state index is 12.3. The van der Waals surface area contributed by atoms with E-state index in [1.807, 2.05) is 50.2 Å². The fraction of sp³-hybridized carbons (Fsp3) is 0.190. The van der Waals surface area contributed by atoms with E-state index in [0.717, 1.165) is 11.3 Å². The Labute approximate surface area is 168 Å². The number of hydrogen-bond donors (Lipinski definition) is 2. The zero-order chi connectivity index (χ0) is 19.9. The number of hydrogen-bond acceptors (Lipinski definition) is 5. The molecule has 0 bridgehead atoms. The Kier molecular flexibility index (Phi) is 6.45. The average Bonchev–Trinajstić information content (AvgIpc) is 2.69. The fourth-order valence-electron chi connectivity index (χ4n) is 2.46. The Bertz CT molecular complexity index is 928. The zero-order valence-corrected chi connectivity index (χ0v) is 16.4. The first-order valence-electron chi connectivity index (χ1n) is 8.90. The molecule has 0 aliphatic carbocycles. The number of anilines is 2. The van der Waals surface area contributed by atoms with Crippen LogP contribution in [0.5, 0.6) is 5.75 Å². The predicted molar refractivity (Wildman–Crippen MR) is 111 cm³/mol. The van der Waals surface area contributed by atoms with Gasteiger partial charge < -0.3 is 15.4 Å². The highest BCUT2D eigenvalue weighted by atomic mass is 35.5. The second-order valence-electron chi connectivity index (χ2n) is 6.39. The van der Waals surface area contributed by atoms with Crippen LogP contribution in [0, 0.1) is 0 Å². The van der Waals surface area contributed by atoms with Crippen molar-refractivity contribution in [1.29, 1.82) is 0 Å². The molecule has 0 unspecified atom stereocenters. The Morgan fingerprint density at radius 3 is 2.43 bits per heavy atom. The summed E-state index contributed by atoms with van der Waals surface area (Å²) < 4.78 is 5.58. The van der Waals surface area contributed by atoms with Crippen LogP contribution in [0.25, 0.3) is 0 Å². The Morgan fingerprint density at radius 2 is 1.79 bits per heavy atom. The van der Waals surface area contributed by atoms with Crippen LogP contribution < -0.4 is 15.4 Å². The van der Waals surface area contributed by atoms with Crippen LogP contribution in [0.3, 0.4) is 0 Å². The summed E-state index contributed by atoms with van der Waals surface area (Å²) in [7, 11) is 0. The van der Waals surface area contributed by atoms with Crippen molar-refractivity contribution in [3.8, 4) is 5.75 Å². The molecule has 144 valence electrons. The molecular weight excluding hydrogens is 376 g/mol. The first-order valence-corrected chi connectivity index (χ1v) is 9.28. The summed E-state index contributed by atoms with van der Waals surface area (Å²) in [6.45, 7) is 4.44. The molecule has 3 rings (SSSR count). The summed E-state index contributed by atoms with van der Waals surface area (Å²) in [4.78, 5) is 12.3. The molecule has 3 aromatic rings. The van der Waals surface area contributed by atoms with Crippen molar-refractivity contribution in [3.05, 3.63) is 76.9 Å². The van der Waals surface area contributed by atoms with Crippen LogP contribution >= 0.6 is 11.6 Å². The summed E-state index contributed by atoms with van der Waals surface area (Å²) in [5, 5.41) is 14.6. The number of nitrogens with one attached hydrogen (secondary N) is 2. The van der Waals surface area contributed by atoms with E-state index in [4.69, 9.17) is 16.3 Å². The van der Waals surface area contributed by atoms with Crippen LogP contribution in [0.15, 0.2) is 60.7 Å². The lowest BCUT2D eigenvalue weighted by Gasteiger charge is -2.10. The summed E-state index contributed by atoms with van der Waals surface area (Å²) in [6, 6.07) is 18.1. The third-order valence-electron chi connectivity index (χ3n) is 3.80. The third-order valence-corrected chi connectivity index (χ3v) is 4.17. The molecule has 0 saturated heterocycles. The SMILES string of the molecule is CC(C)Oc1ccc(NC(=O)c2ccc(NCc3ccccc3Cl)nn2)cc1. The minimum atomic E-state index is -0.331. The molecule has 0 radical (unpaired) electrons. The molecule has 0 fully saturated rings. The average molecular weight is 397 g/mol. The summed E-state index contributed by atoms with van der Waals surface area (Å²) in [5.74, 6) is 0.982. The van der Waals surface area contributed by atoms with Gasteiger partial charge in [-0.1, -0.05) is 29.8 Å². The van der Waals surface area contributed by atoms with E-state index in [1.165, 1.54) is 0 Å². The van der Waals surface area contributed by atoms with Gasteiger partial charge in [0.25, 0.3) is 5.91 Å². The lowest BCUT2D eigenvalue weighted by Crippen LogP contribution is -2.15. The number of carbonyl (C=O) groups excluding carboxylic acids is 1. The molecule has 1 aromatic heterocycles. The van der Waals surface area contributed by atoms with Gasteiger partial charge in [-0.25, -0.2) is 0 Å². The maximum Gasteiger partial charge on any atom is 0.276 e. The van der Waals surface area contributed by atoms with Gasteiger partial charge in [0.2, 0.25) is 0 Å². The number of amides is 1. The van der Waals surface area contributed by atoms with E-state index in [9.17, 15) is 4.79 Å². The number of carbonyl (C=O) groups is 1. The number of ether oxygens (including phenoxy) is 1. The van der Waals surface area contributed by atoms with E-state index < -0.39 is 0 Å². The number of halogens is 1. The van der Waals surface area contributed by atoms with Crippen molar-refractivity contribution in [1.82, 2.24) is 10.2 Å². The lowest BCUT2D eigenvalue weighted by atomic mass is 10.2. The molecule has 1 amide bonds. The molecule has 28 heavy (non-hydrogen) atoms. The van der Waals surface area contributed by atoms with Gasteiger partial charge in [-0.2, -0.15) is 0 Å². The minimum absolute atomic E-state index is 0.0979. The number of rotatable bonds is 7. The maximum absolute atomic E-state index is 12.3. The smallest absolute Gasteiger partial charge is 0.276 e. The summed E-state index contributed by atoms with van der Waals surface area (Å²) in [6.07, 6.45) is 0.0979. The van der Waals surface area contributed by atoms with Gasteiger partial charge in [-0.3, -0.25) is 4.79 Å². The number of benzene rings is 2. The molecular formula is C21H21ClN4O2. The van der Waals surface area contributed by atoms with Gasteiger partial charge in [0.05, 0.1) is 6.10 Å². The Morgan fingerprint density at radius 1 is 1.04 bits per heavy atom. The van der Waals surface area contributed by atoms with Crippen LogP contribution in [-0.2, 0) is 6.54 Å². The van der Waals surface area contributed by atoms with Crippen LogP contribution in [0.4, 0.5) is 11.5 Å².